The summed E-state index contributed by atoms with van der Waals surface area (Å²) in [5.74, 6) is 0.122. The van der Waals surface area contributed by atoms with Gasteiger partial charge in [-0.25, -0.2) is 0 Å². The molecule has 0 rings (SSSR count). The Morgan fingerprint density at radius 2 is 1.50 bits per heavy atom. The molecule has 0 heterocycles. The van der Waals surface area contributed by atoms with E-state index < -0.39 is 12.2 Å². The van der Waals surface area contributed by atoms with Crippen LogP contribution in [0.25, 0.3) is 0 Å². The summed E-state index contributed by atoms with van der Waals surface area (Å²) in [7, 11) is 0. The van der Waals surface area contributed by atoms with E-state index in [1.54, 1.807) is 0 Å². The molecule has 3 heteroatoms. The summed E-state index contributed by atoms with van der Waals surface area (Å²) in [5.41, 5.74) is 0. The maximum Gasteiger partial charge on any atom is 0.0933 e. The standard InChI is InChI=1S/C11H23ClO2/c1-2-3-4-5-6-7-8-10(13)11(14)9-12/h10-11,13-14H,2-9H2,1H3/t10-,11-/m0/s1. The smallest absolute Gasteiger partial charge is 0.0933 e. The lowest BCUT2D eigenvalue weighted by Gasteiger charge is -2.14. The van der Waals surface area contributed by atoms with E-state index in [-0.39, 0.29) is 5.88 Å². The van der Waals surface area contributed by atoms with Crippen LogP contribution in [-0.2, 0) is 0 Å². The first-order valence-corrected chi connectivity index (χ1v) is 6.18. The topological polar surface area (TPSA) is 40.5 Å². The van der Waals surface area contributed by atoms with Crippen molar-refractivity contribution in [2.75, 3.05) is 5.88 Å². The summed E-state index contributed by atoms with van der Waals surface area (Å²) in [6.45, 7) is 2.20. The summed E-state index contributed by atoms with van der Waals surface area (Å²) in [6.07, 6.45) is 6.47. The molecule has 0 bridgehead atoms. The number of aliphatic hydroxyl groups excluding tert-OH is 2. The minimum atomic E-state index is -0.757. The van der Waals surface area contributed by atoms with Gasteiger partial charge in [0.15, 0.2) is 0 Å². The fourth-order valence-corrected chi connectivity index (χ4v) is 1.63. The summed E-state index contributed by atoms with van der Waals surface area (Å²) >= 11 is 5.42. The Hall–Kier alpha value is 0.210. The Morgan fingerprint density at radius 3 is 2.07 bits per heavy atom. The van der Waals surface area contributed by atoms with E-state index in [0.29, 0.717) is 6.42 Å². The maximum atomic E-state index is 9.39. The predicted octanol–water partition coefficient (Wildman–Crippen LogP) is 2.70. The van der Waals surface area contributed by atoms with Crippen molar-refractivity contribution in [3.05, 3.63) is 0 Å². The Kier molecular flexibility index (Phi) is 9.90. The summed E-state index contributed by atoms with van der Waals surface area (Å²) in [5, 5.41) is 18.6. The summed E-state index contributed by atoms with van der Waals surface area (Å²) in [4.78, 5) is 0. The number of alkyl halides is 1. The van der Waals surface area contributed by atoms with Crippen molar-refractivity contribution in [1.29, 1.82) is 0 Å². The predicted molar refractivity (Wildman–Crippen MR) is 60.7 cm³/mol. The zero-order chi connectivity index (χ0) is 10.8. The second-order valence-electron chi connectivity index (χ2n) is 3.85. The molecule has 86 valence electrons. The quantitative estimate of drug-likeness (QED) is 0.465. The van der Waals surface area contributed by atoms with Gasteiger partial charge in [0.1, 0.15) is 0 Å². The number of rotatable bonds is 9. The van der Waals surface area contributed by atoms with Crippen molar-refractivity contribution >= 4 is 11.6 Å². The van der Waals surface area contributed by atoms with Gasteiger partial charge in [0.05, 0.1) is 18.1 Å². The minimum Gasteiger partial charge on any atom is -0.390 e. The van der Waals surface area contributed by atoms with Gasteiger partial charge in [-0.1, -0.05) is 45.4 Å². The Labute approximate surface area is 92.3 Å². The van der Waals surface area contributed by atoms with Crippen LogP contribution in [-0.4, -0.2) is 28.3 Å². The summed E-state index contributed by atoms with van der Waals surface area (Å²) in [6, 6.07) is 0. The molecular formula is C11H23ClO2. The molecule has 0 unspecified atom stereocenters. The molecule has 0 aromatic rings. The van der Waals surface area contributed by atoms with Crippen molar-refractivity contribution in [1.82, 2.24) is 0 Å². The van der Waals surface area contributed by atoms with Crippen LogP contribution in [0, 0.1) is 0 Å². The molecule has 0 saturated heterocycles. The van der Waals surface area contributed by atoms with Gasteiger partial charge in [0.25, 0.3) is 0 Å². The summed E-state index contributed by atoms with van der Waals surface area (Å²) < 4.78 is 0. The van der Waals surface area contributed by atoms with Gasteiger partial charge in [-0.05, 0) is 6.42 Å². The molecule has 0 amide bonds. The average molecular weight is 223 g/mol. The second-order valence-corrected chi connectivity index (χ2v) is 4.15. The average Bonchev–Trinajstić information content (AvgIpc) is 2.21. The largest absolute Gasteiger partial charge is 0.390 e. The third kappa shape index (κ3) is 7.60. The van der Waals surface area contributed by atoms with Gasteiger partial charge in [0, 0.05) is 0 Å². The first-order chi connectivity index (χ1) is 6.72. The van der Waals surface area contributed by atoms with E-state index in [9.17, 15) is 10.2 Å². The van der Waals surface area contributed by atoms with Crippen LogP contribution in [0.15, 0.2) is 0 Å². The molecule has 0 aromatic carbocycles. The molecule has 2 atom stereocenters. The zero-order valence-corrected chi connectivity index (χ0v) is 9.84. The minimum absolute atomic E-state index is 0.122. The zero-order valence-electron chi connectivity index (χ0n) is 9.08. The fraction of sp³-hybridized carbons (Fsp3) is 1.00. The van der Waals surface area contributed by atoms with Gasteiger partial charge in [-0.15, -0.1) is 11.6 Å². The van der Waals surface area contributed by atoms with E-state index in [4.69, 9.17) is 11.6 Å². The molecular weight excluding hydrogens is 200 g/mol. The molecule has 0 spiro atoms. The van der Waals surface area contributed by atoms with Gasteiger partial charge < -0.3 is 10.2 Å². The van der Waals surface area contributed by atoms with Gasteiger partial charge in [-0.3, -0.25) is 0 Å². The lowest BCUT2D eigenvalue weighted by Crippen LogP contribution is -2.27. The van der Waals surface area contributed by atoms with Crippen LogP contribution in [0.4, 0.5) is 0 Å². The first-order valence-electron chi connectivity index (χ1n) is 5.64. The third-order valence-electron chi connectivity index (χ3n) is 2.46. The molecule has 0 aliphatic carbocycles. The molecule has 0 saturated carbocycles. The van der Waals surface area contributed by atoms with Crippen molar-refractivity contribution in [3.63, 3.8) is 0 Å². The normalized spacial score (nSPS) is 15.4. The fourth-order valence-electron chi connectivity index (χ4n) is 1.43. The Balaban J connectivity index is 3.18. The van der Waals surface area contributed by atoms with Gasteiger partial charge in [0.2, 0.25) is 0 Å². The van der Waals surface area contributed by atoms with E-state index in [0.717, 1.165) is 12.8 Å². The molecule has 2 nitrogen and oxygen atoms in total. The van der Waals surface area contributed by atoms with E-state index >= 15 is 0 Å². The van der Waals surface area contributed by atoms with Crippen LogP contribution in [0.1, 0.15) is 51.9 Å². The van der Waals surface area contributed by atoms with Crippen molar-refractivity contribution < 1.29 is 10.2 Å². The number of halogens is 1. The number of aliphatic hydroxyl groups is 2. The molecule has 2 N–H and O–H groups in total. The molecule has 0 aromatic heterocycles. The molecule has 14 heavy (non-hydrogen) atoms. The highest BCUT2D eigenvalue weighted by molar-refractivity contribution is 6.18. The second kappa shape index (κ2) is 9.75. The van der Waals surface area contributed by atoms with Crippen LogP contribution in [0.3, 0.4) is 0 Å². The van der Waals surface area contributed by atoms with Crippen LogP contribution < -0.4 is 0 Å². The lowest BCUT2D eigenvalue weighted by molar-refractivity contribution is 0.0267. The monoisotopic (exact) mass is 222 g/mol. The Bertz CT molecular complexity index is 120. The molecule has 0 aliphatic heterocycles. The van der Waals surface area contributed by atoms with Crippen molar-refractivity contribution in [3.8, 4) is 0 Å². The SMILES string of the molecule is CCCCCCCC[C@H](O)[C@@H](O)CCl. The van der Waals surface area contributed by atoms with E-state index in [2.05, 4.69) is 6.92 Å². The van der Waals surface area contributed by atoms with E-state index in [1.807, 2.05) is 0 Å². The number of hydrogen-bond acceptors (Lipinski definition) is 2. The maximum absolute atomic E-state index is 9.39. The number of hydrogen-bond donors (Lipinski definition) is 2. The van der Waals surface area contributed by atoms with Gasteiger partial charge in [-0.2, -0.15) is 0 Å². The molecule has 0 aliphatic rings. The highest BCUT2D eigenvalue weighted by Crippen LogP contribution is 2.10. The van der Waals surface area contributed by atoms with Crippen molar-refractivity contribution in [2.24, 2.45) is 0 Å². The highest BCUT2D eigenvalue weighted by atomic mass is 35.5. The molecule has 0 radical (unpaired) electrons. The lowest BCUT2D eigenvalue weighted by atomic mass is 10.0. The van der Waals surface area contributed by atoms with Crippen LogP contribution in [0.5, 0.6) is 0 Å². The first kappa shape index (κ1) is 14.2. The van der Waals surface area contributed by atoms with Crippen LogP contribution in [0.2, 0.25) is 0 Å². The molecule has 0 fully saturated rings. The van der Waals surface area contributed by atoms with Gasteiger partial charge >= 0.3 is 0 Å². The van der Waals surface area contributed by atoms with Crippen LogP contribution >= 0.6 is 11.6 Å². The Morgan fingerprint density at radius 1 is 0.929 bits per heavy atom. The third-order valence-corrected chi connectivity index (χ3v) is 2.77. The number of unbranched alkanes of at least 4 members (excludes halogenated alkanes) is 5. The van der Waals surface area contributed by atoms with E-state index in [1.165, 1.54) is 25.7 Å². The van der Waals surface area contributed by atoms with Crippen molar-refractivity contribution in [2.45, 2.75) is 64.1 Å². The highest BCUT2D eigenvalue weighted by Gasteiger charge is 2.13.